The Labute approximate surface area is 59.2 Å². The third-order valence-electron chi connectivity index (χ3n) is 1.67. The quantitative estimate of drug-likeness (QED) is 0.387. The van der Waals surface area contributed by atoms with Crippen LogP contribution in [-0.4, -0.2) is 36.3 Å². The molecule has 2 radical (unpaired) electrons. The van der Waals surface area contributed by atoms with Gasteiger partial charge in [0.25, 0.3) is 0 Å². The molecule has 4 heteroatoms. The third-order valence-corrected chi connectivity index (χ3v) is 2.25. The van der Waals surface area contributed by atoms with E-state index >= 15 is 0 Å². The van der Waals surface area contributed by atoms with Gasteiger partial charge in [0.2, 0.25) is 0 Å². The fourth-order valence-electron chi connectivity index (χ4n) is 0.911. The Hall–Kier alpha value is 0.415. The Morgan fingerprint density at radius 2 is 1.89 bits per heavy atom. The second kappa shape index (κ2) is 2.57. The Balaban J connectivity index is 2.35. The number of rotatable bonds is 0. The van der Waals surface area contributed by atoms with Gasteiger partial charge in [-0.05, 0) is 17.9 Å². The minimum Gasteiger partial charge on any atom is -0.314 e. The molecule has 0 spiro atoms. The molecule has 1 aliphatic rings. The summed E-state index contributed by atoms with van der Waals surface area (Å²) in [6.07, 6.45) is 1.71. The average molecular weight is 143 g/mol. The van der Waals surface area contributed by atoms with E-state index in [0.717, 1.165) is 12.8 Å². The molecule has 1 atom stereocenters. The first-order valence-electron chi connectivity index (χ1n) is 3.12. The molecular formula is C5H11BNOP. The van der Waals surface area contributed by atoms with E-state index in [4.69, 9.17) is 13.1 Å². The summed E-state index contributed by atoms with van der Waals surface area (Å²) in [5.41, 5.74) is 0. The van der Waals surface area contributed by atoms with Gasteiger partial charge in [-0.3, -0.25) is 0 Å². The SMILES string of the molecule is [B]C1(P)CCN(O)CC1. The molecular weight excluding hydrogens is 132 g/mol. The summed E-state index contributed by atoms with van der Waals surface area (Å²) in [4.78, 5) is 0. The summed E-state index contributed by atoms with van der Waals surface area (Å²) < 4.78 is 0. The number of hydrogen-bond acceptors (Lipinski definition) is 2. The van der Waals surface area contributed by atoms with E-state index in [2.05, 4.69) is 9.24 Å². The van der Waals surface area contributed by atoms with Gasteiger partial charge < -0.3 is 5.21 Å². The molecule has 9 heavy (non-hydrogen) atoms. The topological polar surface area (TPSA) is 23.5 Å². The van der Waals surface area contributed by atoms with Crippen molar-refractivity contribution in [3.05, 3.63) is 0 Å². The van der Waals surface area contributed by atoms with Gasteiger partial charge in [-0.15, -0.1) is 9.24 Å². The fourth-order valence-corrected chi connectivity index (χ4v) is 1.17. The van der Waals surface area contributed by atoms with Crippen LogP contribution in [0.5, 0.6) is 0 Å². The standard InChI is InChI=1S/C5H11BNOP/c6-5(9)1-3-7(8)4-2-5/h8H,1-4,9H2. The van der Waals surface area contributed by atoms with Gasteiger partial charge in [-0.25, -0.2) is 0 Å². The summed E-state index contributed by atoms with van der Waals surface area (Å²) in [6, 6.07) is 0. The van der Waals surface area contributed by atoms with Crippen LogP contribution < -0.4 is 0 Å². The Kier molecular flexibility index (Phi) is 2.15. The molecule has 50 valence electrons. The molecule has 1 heterocycles. The van der Waals surface area contributed by atoms with E-state index < -0.39 is 0 Å². The van der Waals surface area contributed by atoms with E-state index in [1.807, 2.05) is 0 Å². The van der Waals surface area contributed by atoms with Gasteiger partial charge in [0, 0.05) is 13.1 Å². The molecule has 0 aromatic rings. The van der Waals surface area contributed by atoms with E-state index in [9.17, 15) is 0 Å². The molecule has 0 saturated carbocycles. The zero-order chi connectivity index (χ0) is 6.91. The van der Waals surface area contributed by atoms with Gasteiger partial charge in [-0.1, -0.05) is 0 Å². The molecule has 0 bridgehead atoms. The minimum atomic E-state index is -0.126. The molecule has 2 nitrogen and oxygen atoms in total. The molecule has 1 aliphatic heterocycles. The van der Waals surface area contributed by atoms with E-state index in [-0.39, 0.29) is 5.06 Å². The lowest BCUT2D eigenvalue weighted by atomic mass is 9.78. The second-order valence-corrected chi connectivity index (χ2v) is 3.84. The van der Waals surface area contributed by atoms with Crippen LogP contribution in [0.2, 0.25) is 0 Å². The number of piperidine rings is 1. The first-order valence-corrected chi connectivity index (χ1v) is 3.69. The Morgan fingerprint density at radius 1 is 1.44 bits per heavy atom. The predicted molar refractivity (Wildman–Crippen MR) is 40.8 cm³/mol. The molecule has 1 saturated heterocycles. The molecule has 1 fully saturated rings. The monoisotopic (exact) mass is 143 g/mol. The van der Waals surface area contributed by atoms with Crippen molar-refractivity contribution in [2.75, 3.05) is 13.1 Å². The van der Waals surface area contributed by atoms with Crippen molar-refractivity contribution in [1.29, 1.82) is 0 Å². The molecule has 0 aliphatic carbocycles. The zero-order valence-electron chi connectivity index (χ0n) is 5.38. The van der Waals surface area contributed by atoms with E-state index in [0.29, 0.717) is 13.1 Å². The summed E-state index contributed by atoms with van der Waals surface area (Å²) in [6.45, 7) is 1.39. The Bertz CT molecular complexity index is 99.1. The van der Waals surface area contributed by atoms with Crippen molar-refractivity contribution < 1.29 is 5.21 Å². The van der Waals surface area contributed by atoms with Crippen molar-refractivity contribution >= 4 is 17.1 Å². The van der Waals surface area contributed by atoms with Crippen LogP contribution in [0, 0.1) is 0 Å². The van der Waals surface area contributed by atoms with Gasteiger partial charge in [-0.2, -0.15) is 5.06 Å². The van der Waals surface area contributed by atoms with Crippen LogP contribution in [0.3, 0.4) is 0 Å². The van der Waals surface area contributed by atoms with Gasteiger partial charge >= 0.3 is 0 Å². The zero-order valence-corrected chi connectivity index (χ0v) is 6.53. The maximum atomic E-state index is 8.91. The van der Waals surface area contributed by atoms with Crippen molar-refractivity contribution in [1.82, 2.24) is 5.06 Å². The molecule has 0 aromatic heterocycles. The summed E-state index contributed by atoms with van der Waals surface area (Å²) in [7, 11) is 8.38. The highest BCUT2D eigenvalue weighted by atomic mass is 31.0. The summed E-state index contributed by atoms with van der Waals surface area (Å²) in [5, 5.41) is 10.1. The summed E-state index contributed by atoms with van der Waals surface area (Å²) >= 11 is 0. The normalized spacial score (nSPS) is 28.2. The van der Waals surface area contributed by atoms with Crippen LogP contribution in [0.4, 0.5) is 0 Å². The highest BCUT2D eigenvalue weighted by Gasteiger charge is 2.23. The van der Waals surface area contributed by atoms with Crippen molar-refractivity contribution in [3.8, 4) is 0 Å². The lowest BCUT2D eigenvalue weighted by molar-refractivity contribution is -0.104. The average Bonchev–Trinajstić information content (AvgIpc) is 1.78. The largest absolute Gasteiger partial charge is 0.314 e. The highest BCUT2D eigenvalue weighted by Crippen LogP contribution is 2.26. The van der Waals surface area contributed by atoms with Crippen molar-refractivity contribution in [2.45, 2.75) is 17.9 Å². The maximum Gasteiger partial charge on any atom is 0.0804 e. The van der Waals surface area contributed by atoms with Crippen molar-refractivity contribution in [2.24, 2.45) is 0 Å². The third kappa shape index (κ3) is 2.25. The Morgan fingerprint density at radius 3 is 2.22 bits per heavy atom. The predicted octanol–water partition coefficient (Wildman–Crippen LogP) is 0.211. The van der Waals surface area contributed by atoms with E-state index in [1.54, 1.807) is 0 Å². The van der Waals surface area contributed by atoms with Crippen molar-refractivity contribution in [3.63, 3.8) is 0 Å². The first kappa shape index (κ1) is 7.52. The van der Waals surface area contributed by atoms with Crippen LogP contribution in [0.25, 0.3) is 0 Å². The molecule has 1 unspecified atom stereocenters. The first-order chi connectivity index (χ1) is 4.10. The lowest BCUT2D eigenvalue weighted by Gasteiger charge is -2.33. The van der Waals surface area contributed by atoms with Crippen LogP contribution in [0.1, 0.15) is 12.8 Å². The highest BCUT2D eigenvalue weighted by molar-refractivity contribution is 7.22. The van der Waals surface area contributed by atoms with Gasteiger partial charge in [0.1, 0.15) is 0 Å². The number of nitrogens with zero attached hydrogens (tertiary/aromatic N) is 1. The summed E-state index contributed by atoms with van der Waals surface area (Å²) in [5.74, 6) is 0. The van der Waals surface area contributed by atoms with Crippen LogP contribution >= 0.6 is 9.24 Å². The number of hydrogen-bond donors (Lipinski definition) is 1. The van der Waals surface area contributed by atoms with Crippen LogP contribution in [-0.2, 0) is 0 Å². The van der Waals surface area contributed by atoms with E-state index in [1.165, 1.54) is 5.06 Å². The van der Waals surface area contributed by atoms with Gasteiger partial charge in [0.15, 0.2) is 0 Å². The van der Waals surface area contributed by atoms with Crippen LogP contribution in [0.15, 0.2) is 0 Å². The smallest absolute Gasteiger partial charge is 0.0804 e. The molecule has 1 N–H and O–H groups in total. The number of hydroxylamine groups is 2. The molecule has 1 rings (SSSR count). The minimum absolute atomic E-state index is 0.126. The molecule has 0 amide bonds. The lowest BCUT2D eigenvalue weighted by Crippen LogP contribution is -2.39. The maximum absolute atomic E-state index is 8.91. The fraction of sp³-hybridized carbons (Fsp3) is 1.00. The molecule has 0 aromatic carbocycles. The van der Waals surface area contributed by atoms with Gasteiger partial charge in [0.05, 0.1) is 7.85 Å². The second-order valence-electron chi connectivity index (χ2n) is 2.69.